The quantitative estimate of drug-likeness (QED) is 0.422. The van der Waals surface area contributed by atoms with Crippen LogP contribution in [0.4, 0.5) is 0 Å². The van der Waals surface area contributed by atoms with Crippen molar-refractivity contribution in [2.75, 3.05) is 6.61 Å². The highest BCUT2D eigenvalue weighted by Crippen LogP contribution is 2.34. The molecule has 0 saturated heterocycles. The van der Waals surface area contributed by atoms with Gasteiger partial charge in [0.1, 0.15) is 6.10 Å². The van der Waals surface area contributed by atoms with Gasteiger partial charge in [-0.1, -0.05) is 31.6 Å². The zero-order valence-corrected chi connectivity index (χ0v) is 11.6. The maximum absolute atomic E-state index is 9.86. The van der Waals surface area contributed by atoms with E-state index in [2.05, 4.69) is 18.8 Å². The topological polar surface area (TPSA) is 80.9 Å². The van der Waals surface area contributed by atoms with Crippen molar-refractivity contribution in [3.8, 4) is 11.8 Å². The smallest absolute Gasteiger partial charge is 0.114 e. The number of hydrogen-bond acceptors (Lipinski definition) is 4. The van der Waals surface area contributed by atoms with E-state index in [9.17, 15) is 15.3 Å². The van der Waals surface area contributed by atoms with E-state index >= 15 is 0 Å². The van der Waals surface area contributed by atoms with Gasteiger partial charge in [0.25, 0.3) is 0 Å². The molecule has 4 heteroatoms. The van der Waals surface area contributed by atoms with Gasteiger partial charge in [0.2, 0.25) is 0 Å². The lowest BCUT2D eigenvalue weighted by Gasteiger charge is -2.17. The highest BCUT2D eigenvalue weighted by atomic mass is 16.3. The van der Waals surface area contributed by atoms with E-state index in [0.29, 0.717) is 19.3 Å². The van der Waals surface area contributed by atoms with Crippen LogP contribution in [0, 0.1) is 23.7 Å². The summed E-state index contributed by atoms with van der Waals surface area (Å²) >= 11 is 0. The molecule has 0 aromatic rings. The predicted molar refractivity (Wildman–Crippen MR) is 73.2 cm³/mol. The monoisotopic (exact) mass is 270 g/mol. The first-order valence-corrected chi connectivity index (χ1v) is 7.26. The van der Waals surface area contributed by atoms with Crippen molar-refractivity contribution in [2.45, 2.75) is 63.8 Å². The fourth-order valence-electron chi connectivity index (χ4n) is 2.67. The molecular formula is C15H26O4. The van der Waals surface area contributed by atoms with Crippen molar-refractivity contribution < 1.29 is 20.4 Å². The van der Waals surface area contributed by atoms with Gasteiger partial charge in [-0.25, -0.2) is 0 Å². The molecule has 0 aliphatic heterocycles. The number of rotatable bonds is 6. The van der Waals surface area contributed by atoms with Gasteiger partial charge in [-0.2, -0.15) is 0 Å². The van der Waals surface area contributed by atoms with Crippen molar-refractivity contribution in [3.63, 3.8) is 0 Å². The second kappa shape index (κ2) is 8.55. The molecule has 0 aromatic carbocycles. The fourth-order valence-corrected chi connectivity index (χ4v) is 2.67. The summed E-state index contributed by atoms with van der Waals surface area (Å²) < 4.78 is 0. The summed E-state index contributed by atoms with van der Waals surface area (Å²) in [6.45, 7) is 2.08. The van der Waals surface area contributed by atoms with Gasteiger partial charge in [0.15, 0.2) is 0 Å². The molecule has 1 fully saturated rings. The highest BCUT2D eigenvalue weighted by Gasteiger charge is 2.40. The molecule has 4 N–H and O–H groups in total. The molecule has 1 aliphatic rings. The second-order valence-electron chi connectivity index (χ2n) is 5.37. The van der Waals surface area contributed by atoms with Gasteiger partial charge in [-0.15, -0.1) is 0 Å². The van der Waals surface area contributed by atoms with Crippen LogP contribution in [0.25, 0.3) is 0 Å². The Kier molecular flexibility index (Phi) is 7.40. The summed E-state index contributed by atoms with van der Waals surface area (Å²) in [5.41, 5.74) is 0. The van der Waals surface area contributed by atoms with Gasteiger partial charge in [0.05, 0.1) is 18.1 Å². The third kappa shape index (κ3) is 5.12. The lowest BCUT2D eigenvalue weighted by molar-refractivity contribution is 0.104. The summed E-state index contributed by atoms with van der Waals surface area (Å²) in [7, 11) is 0. The van der Waals surface area contributed by atoms with Crippen LogP contribution in [0.3, 0.4) is 0 Å². The third-order valence-corrected chi connectivity index (χ3v) is 3.81. The van der Waals surface area contributed by atoms with Crippen molar-refractivity contribution in [1.29, 1.82) is 0 Å². The molecule has 1 unspecified atom stereocenters. The Bertz CT molecular complexity index is 307. The van der Waals surface area contributed by atoms with E-state index in [1.54, 1.807) is 0 Å². The zero-order chi connectivity index (χ0) is 14.3. The van der Waals surface area contributed by atoms with Gasteiger partial charge in [-0.3, -0.25) is 0 Å². The summed E-state index contributed by atoms with van der Waals surface area (Å²) in [6.07, 6.45) is 2.58. The Balaban J connectivity index is 2.53. The molecule has 1 aliphatic carbocycles. The van der Waals surface area contributed by atoms with Crippen molar-refractivity contribution >= 4 is 0 Å². The highest BCUT2D eigenvalue weighted by molar-refractivity contribution is 5.14. The molecule has 0 spiro atoms. The van der Waals surface area contributed by atoms with E-state index in [4.69, 9.17) is 5.11 Å². The molecule has 5 atom stereocenters. The molecule has 110 valence electrons. The third-order valence-electron chi connectivity index (χ3n) is 3.81. The molecule has 19 heavy (non-hydrogen) atoms. The van der Waals surface area contributed by atoms with Crippen LogP contribution >= 0.6 is 0 Å². The molecule has 1 rings (SSSR count). The predicted octanol–water partition coefficient (Wildman–Crippen LogP) is 0.671. The maximum atomic E-state index is 9.86. The van der Waals surface area contributed by atoms with Gasteiger partial charge in [-0.05, 0) is 19.3 Å². The standard InChI is InChI=1S/C15H26O4/c1-2-3-4-5-11(17)6-7-12-13(8-9-16)15(19)10-14(12)18/h11-19H,2-5,8-10H2,1H3/t11?,12-,13-,14-,15+/m1/s1. The van der Waals surface area contributed by atoms with Crippen LogP contribution in [0.2, 0.25) is 0 Å². The lowest BCUT2D eigenvalue weighted by Crippen LogP contribution is -2.22. The summed E-state index contributed by atoms with van der Waals surface area (Å²) in [6, 6.07) is 0. The van der Waals surface area contributed by atoms with E-state index in [1.165, 1.54) is 0 Å². The number of unbranched alkanes of at least 4 members (excludes halogenated alkanes) is 2. The molecule has 0 radical (unpaired) electrons. The van der Waals surface area contributed by atoms with Gasteiger partial charge in [0, 0.05) is 18.9 Å². The van der Waals surface area contributed by atoms with Crippen LogP contribution in [0.15, 0.2) is 0 Å². The van der Waals surface area contributed by atoms with Gasteiger partial charge < -0.3 is 20.4 Å². The number of aliphatic hydroxyl groups is 4. The van der Waals surface area contributed by atoms with Crippen molar-refractivity contribution in [1.82, 2.24) is 0 Å². The molecule has 0 heterocycles. The first-order chi connectivity index (χ1) is 9.10. The average molecular weight is 270 g/mol. The fraction of sp³-hybridized carbons (Fsp3) is 0.867. The molecule has 0 amide bonds. The minimum Gasteiger partial charge on any atom is -0.396 e. The Labute approximate surface area is 115 Å². The number of hydrogen-bond donors (Lipinski definition) is 4. The van der Waals surface area contributed by atoms with Crippen LogP contribution in [0.5, 0.6) is 0 Å². The SMILES string of the molecule is CCCCCC(O)C#C[C@@H]1[C@@H](CCO)[C@@H](O)C[C@H]1O. The minimum atomic E-state index is -0.665. The van der Waals surface area contributed by atoms with E-state index in [0.717, 1.165) is 19.3 Å². The Hall–Kier alpha value is -0.600. The largest absolute Gasteiger partial charge is 0.396 e. The molecular weight excluding hydrogens is 244 g/mol. The Morgan fingerprint density at radius 1 is 1.21 bits per heavy atom. The maximum Gasteiger partial charge on any atom is 0.114 e. The Morgan fingerprint density at radius 3 is 2.58 bits per heavy atom. The van der Waals surface area contributed by atoms with Gasteiger partial charge >= 0.3 is 0 Å². The average Bonchev–Trinajstić information content (AvgIpc) is 2.63. The van der Waals surface area contributed by atoms with E-state index in [1.807, 2.05) is 0 Å². The van der Waals surface area contributed by atoms with Crippen molar-refractivity contribution in [2.24, 2.45) is 11.8 Å². The summed E-state index contributed by atoms with van der Waals surface area (Å²) in [5.74, 6) is 5.13. The molecule has 4 nitrogen and oxygen atoms in total. The molecule has 0 aromatic heterocycles. The van der Waals surface area contributed by atoms with Crippen LogP contribution in [-0.2, 0) is 0 Å². The van der Waals surface area contributed by atoms with Crippen LogP contribution < -0.4 is 0 Å². The van der Waals surface area contributed by atoms with E-state index in [-0.39, 0.29) is 18.4 Å². The zero-order valence-electron chi connectivity index (χ0n) is 11.6. The summed E-state index contributed by atoms with van der Waals surface area (Å²) in [5, 5.41) is 38.4. The van der Waals surface area contributed by atoms with Crippen LogP contribution in [-0.4, -0.2) is 45.3 Å². The summed E-state index contributed by atoms with van der Waals surface area (Å²) in [4.78, 5) is 0. The lowest BCUT2D eigenvalue weighted by atomic mass is 9.91. The first-order valence-electron chi connectivity index (χ1n) is 7.26. The number of aliphatic hydroxyl groups excluding tert-OH is 4. The first kappa shape index (κ1) is 16.5. The second-order valence-corrected chi connectivity index (χ2v) is 5.37. The Morgan fingerprint density at radius 2 is 1.95 bits per heavy atom. The minimum absolute atomic E-state index is 0.0221. The molecule has 1 saturated carbocycles. The van der Waals surface area contributed by atoms with E-state index < -0.39 is 18.3 Å². The van der Waals surface area contributed by atoms with Crippen molar-refractivity contribution in [3.05, 3.63) is 0 Å². The molecule has 0 bridgehead atoms. The normalized spacial score (nSPS) is 31.8. The van der Waals surface area contributed by atoms with Crippen LogP contribution in [0.1, 0.15) is 45.4 Å².